The van der Waals surface area contributed by atoms with Gasteiger partial charge in [0.1, 0.15) is 0 Å². The first-order valence-electron chi connectivity index (χ1n) is 5.62. The van der Waals surface area contributed by atoms with Gasteiger partial charge in [-0.3, -0.25) is 4.79 Å². The highest BCUT2D eigenvalue weighted by Crippen LogP contribution is 2.14. The molecule has 1 aliphatic heterocycles. The van der Waals surface area contributed by atoms with E-state index in [1.54, 1.807) is 19.1 Å². The number of hydrogen-bond acceptors (Lipinski definition) is 3. The van der Waals surface area contributed by atoms with Crippen LogP contribution in [0, 0.1) is 0 Å². The second-order valence-electron chi connectivity index (χ2n) is 4.17. The molecule has 1 amide bonds. The lowest BCUT2D eigenvalue weighted by atomic mass is 10.0. The third-order valence-corrected chi connectivity index (χ3v) is 2.92. The van der Waals surface area contributed by atoms with Crippen LogP contribution in [0.15, 0.2) is 35.4 Å². The Morgan fingerprint density at radius 3 is 2.61 bits per heavy atom. The maximum atomic E-state index is 11.9. The van der Waals surface area contributed by atoms with Gasteiger partial charge in [-0.2, -0.15) is 0 Å². The van der Waals surface area contributed by atoms with Crippen molar-refractivity contribution in [2.45, 2.75) is 6.92 Å². The molecule has 3 N–H and O–H groups in total. The highest BCUT2D eigenvalue weighted by molar-refractivity contribution is 6.04. The summed E-state index contributed by atoms with van der Waals surface area (Å²) in [6, 6.07) is 6.20. The molecule has 1 aliphatic rings. The molecule has 2 rings (SSSR count). The molecule has 1 aromatic carbocycles. The second-order valence-corrected chi connectivity index (χ2v) is 4.17. The number of nitrogens with one attached hydrogen (secondary N) is 2. The molecule has 0 radical (unpaired) electrons. The third kappa shape index (κ3) is 2.57. The van der Waals surface area contributed by atoms with Crippen LogP contribution in [-0.4, -0.2) is 30.1 Å². The van der Waals surface area contributed by atoms with E-state index in [9.17, 15) is 9.59 Å². The number of benzene rings is 1. The first kappa shape index (κ1) is 12.3. The van der Waals surface area contributed by atoms with Gasteiger partial charge in [-0.25, -0.2) is 4.79 Å². The maximum Gasteiger partial charge on any atom is 0.335 e. The lowest BCUT2D eigenvalue weighted by Crippen LogP contribution is -2.36. The van der Waals surface area contributed by atoms with Crippen LogP contribution < -0.4 is 10.6 Å². The van der Waals surface area contributed by atoms with Gasteiger partial charge in [0.05, 0.1) is 5.56 Å². The van der Waals surface area contributed by atoms with Crippen molar-refractivity contribution in [3.8, 4) is 0 Å². The predicted octanol–water partition coefficient (Wildman–Crippen LogP) is 1.24. The summed E-state index contributed by atoms with van der Waals surface area (Å²) in [6.45, 7) is 3.26. The number of anilines is 1. The molecule has 0 aromatic heterocycles. The highest BCUT2D eigenvalue weighted by atomic mass is 16.4. The summed E-state index contributed by atoms with van der Waals surface area (Å²) in [5.41, 5.74) is 2.42. The molecule has 18 heavy (non-hydrogen) atoms. The van der Waals surface area contributed by atoms with E-state index in [1.165, 1.54) is 12.1 Å². The van der Waals surface area contributed by atoms with E-state index in [2.05, 4.69) is 10.6 Å². The number of hydrogen-bond donors (Lipinski definition) is 3. The zero-order valence-electron chi connectivity index (χ0n) is 9.99. The lowest BCUT2D eigenvalue weighted by molar-refractivity contribution is -0.112. The van der Waals surface area contributed by atoms with Crippen LogP contribution in [0.4, 0.5) is 5.69 Å². The van der Waals surface area contributed by atoms with E-state index in [1.807, 2.05) is 0 Å². The van der Waals surface area contributed by atoms with E-state index >= 15 is 0 Å². The molecule has 1 saturated heterocycles. The van der Waals surface area contributed by atoms with E-state index in [4.69, 9.17) is 5.11 Å². The summed E-state index contributed by atoms with van der Waals surface area (Å²) < 4.78 is 0. The van der Waals surface area contributed by atoms with Gasteiger partial charge in [-0.05, 0) is 30.7 Å². The van der Waals surface area contributed by atoms with Gasteiger partial charge in [-0.1, -0.05) is 6.07 Å². The first-order valence-corrected chi connectivity index (χ1v) is 5.62. The average Bonchev–Trinajstić information content (AvgIpc) is 2.26. The summed E-state index contributed by atoms with van der Waals surface area (Å²) in [6.07, 6.45) is 0. The van der Waals surface area contributed by atoms with Crippen LogP contribution in [0.3, 0.4) is 0 Å². The molecular formula is C13H14N2O3. The van der Waals surface area contributed by atoms with Crippen molar-refractivity contribution in [1.29, 1.82) is 0 Å². The fourth-order valence-electron chi connectivity index (χ4n) is 1.63. The van der Waals surface area contributed by atoms with Crippen LogP contribution in [0.5, 0.6) is 0 Å². The molecule has 1 heterocycles. The van der Waals surface area contributed by atoms with E-state index in [-0.39, 0.29) is 11.5 Å². The number of aromatic carboxylic acids is 1. The quantitative estimate of drug-likeness (QED) is 0.701. The summed E-state index contributed by atoms with van der Waals surface area (Å²) in [5, 5.41) is 14.6. The zero-order chi connectivity index (χ0) is 13.1. The standard InChI is InChI=1S/C13H14N2O3/c1-8(10-6-14-7-10)12(16)15-11-4-2-3-9(5-11)13(17)18/h2-5,14H,6-7H2,1H3,(H,15,16)(H,17,18). The van der Waals surface area contributed by atoms with Crippen LogP contribution >= 0.6 is 0 Å². The van der Waals surface area contributed by atoms with Crippen LogP contribution in [0.25, 0.3) is 0 Å². The monoisotopic (exact) mass is 246 g/mol. The Morgan fingerprint density at radius 1 is 1.33 bits per heavy atom. The minimum Gasteiger partial charge on any atom is -0.478 e. The van der Waals surface area contributed by atoms with Gasteiger partial charge in [0, 0.05) is 24.4 Å². The molecule has 1 aromatic rings. The average molecular weight is 246 g/mol. The fourth-order valence-corrected chi connectivity index (χ4v) is 1.63. The molecule has 0 saturated carbocycles. The summed E-state index contributed by atoms with van der Waals surface area (Å²) in [4.78, 5) is 22.7. The van der Waals surface area contributed by atoms with Crippen molar-refractivity contribution in [2.75, 3.05) is 18.4 Å². The lowest BCUT2D eigenvalue weighted by Gasteiger charge is -2.21. The Bertz CT molecular complexity index is 529. The van der Waals surface area contributed by atoms with Gasteiger partial charge < -0.3 is 15.7 Å². The van der Waals surface area contributed by atoms with Gasteiger partial charge in [-0.15, -0.1) is 0 Å². The molecule has 1 fully saturated rings. The second kappa shape index (κ2) is 5.01. The molecule has 5 heteroatoms. The van der Waals surface area contributed by atoms with Crippen molar-refractivity contribution in [2.24, 2.45) is 0 Å². The van der Waals surface area contributed by atoms with Crippen molar-refractivity contribution < 1.29 is 14.7 Å². The normalized spacial score (nSPS) is 13.7. The molecule has 0 spiro atoms. The first-order chi connectivity index (χ1) is 8.58. The largest absolute Gasteiger partial charge is 0.478 e. The minimum absolute atomic E-state index is 0.156. The summed E-state index contributed by atoms with van der Waals surface area (Å²) >= 11 is 0. The Hall–Kier alpha value is -2.14. The van der Waals surface area contributed by atoms with Crippen molar-refractivity contribution in [3.63, 3.8) is 0 Å². The molecule has 94 valence electrons. The molecular weight excluding hydrogens is 232 g/mol. The van der Waals surface area contributed by atoms with Gasteiger partial charge in [0.25, 0.3) is 5.91 Å². The highest BCUT2D eigenvalue weighted by Gasteiger charge is 2.16. The Balaban J connectivity index is 2.12. The molecule has 0 bridgehead atoms. The predicted molar refractivity (Wildman–Crippen MR) is 67.6 cm³/mol. The maximum absolute atomic E-state index is 11.9. The SMILES string of the molecule is CC(C(=O)Nc1cccc(C(=O)O)c1)=C1CNC1. The van der Waals surface area contributed by atoms with E-state index in [0.717, 1.165) is 18.7 Å². The number of carboxylic acid groups (broad SMARTS) is 1. The van der Waals surface area contributed by atoms with Crippen molar-refractivity contribution in [1.82, 2.24) is 5.32 Å². The van der Waals surface area contributed by atoms with E-state index < -0.39 is 5.97 Å². The minimum atomic E-state index is -1.01. The van der Waals surface area contributed by atoms with Crippen molar-refractivity contribution in [3.05, 3.63) is 41.0 Å². The summed E-state index contributed by atoms with van der Waals surface area (Å²) in [5.74, 6) is -1.20. The van der Waals surface area contributed by atoms with Gasteiger partial charge in [0.2, 0.25) is 0 Å². The molecule has 5 nitrogen and oxygen atoms in total. The summed E-state index contributed by atoms with van der Waals surface area (Å²) in [7, 11) is 0. The van der Waals surface area contributed by atoms with Crippen LogP contribution in [0.2, 0.25) is 0 Å². The number of amides is 1. The number of carboxylic acids is 1. The molecule has 0 unspecified atom stereocenters. The molecule has 0 aliphatic carbocycles. The van der Waals surface area contributed by atoms with Gasteiger partial charge in [0.15, 0.2) is 0 Å². The molecule has 0 atom stereocenters. The van der Waals surface area contributed by atoms with Gasteiger partial charge >= 0.3 is 5.97 Å². The third-order valence-electron chi connectivity index (χ3n) is 2.92. The van der Waals surface area contributed by atoms with E-state index in [0.29, 0.717) is 11.3 Å². The Labute approximate surface area is 105 Å². The van der Waals surface area contributed by atoms with Crippen molar-refractivity contribution >= 4 is 17.6 Å². The zero-order valence-corrected chi connectivity index (χ0v) is 9.99. The van der Waals surface area contributed by atoms with Crippen LogP contribution in [0.1, 0.15) is 17.3 Å². The van der Waals surface area contributed by atoms with Crippen LogP contribution in [-0.2, 0) is 4.79 Å². The smallest absolute Gasteiger partial charge is 0.335 e. The fraction of sp³-hybridized carbons (Fsp3) is 0.231. The number of carbonyl (C=O) groups is 2. The number of carbonyl (C=O) groups excluding carboxylic acids is 1. The number of rotatable bonds is 3. The Morgan fingerprint density at radius 2 is 2.06 bits per heavy atom. The Kier molecular flexibility index (Phi) is 3.43. The topological polar surface area (TPSA) is 78.4 Å².